The molecule has 0 aliphatic rings. The molecule has 19 heavy (non-hydrogen) atoms. The second-order valence-corrected chi connectivity index (χ2v) is 4.05. The summed E-state index contributed by atoms with van der Waals surface area (Å²) in [6, 6.07) is 15.5. The molecule has 4 heteroatoms. The number of methoxy groups -OCH3 is 1. The number of carboxylic acids is 1. The van der Waals surface area contributed by atoms with E-state index in [0.29, 0.717) is 11.3 Å². The Balaban J connectivity index is 2.22. The van der Waals surface area contributed by atoms with Gasteiger partial charge in [-0.05, 0) is 29.8 Å². The number of rotatable bonds is 5. The Morgan fingerprint density at radius 2 is 1.74 bits per heavy atom. The summed E-state index contributed by atoms with van der Waals surface area (Å²) in [6.45, 7) is 0. The molecule has 1 atom stereocenters. The third-order valence-corrected chi connectivity index (χ3v) is 2.78. The third kappa shape index (κ3) is 3.25. The van der Waals surface area contributed by atoms with Crippen molar-refractivity contribution in [1.82, 2.24) is 0 Å². The van der Waals surface area contributed by atoms with E-state index in [1.54, 1.807) is 31.4 Å². The lowest BCUT2D eigenvalue weighted by molar-refractivity contribution is -0.138. The maximum atomic E-state index is 11.4. The van der Waals surface area contributed by atoms with Crippen molar-refractivity contribution in [1.29, 1.82) is 0 Å². The SMILES string of the molecule is COc1ccc([C@H](Nc2ccccc2)C(=O)O)cc1. The Morgan fingerprint density at radius 1 is 1.11 bits per heavy atom. The van der Waals surface area contributed by atoms with Crippen LogP contribution in [0.25, 0.3) is 0 Å². The van der Waals surface area contributed by atoms with Crippen LogP contribution < -0.4 is 10.1 Å². The molecule has 98 valence electrons. The number of hydrogen-bond acceptors (Lipinski definition) is 3. The number of carbonyl (C=O) groups is 1. The first-order chi connectivity index (χ1) is 9.20. The van der Waals surface area contributed by atoms with Crippen molar-refractivity contribution < 1.29 is 14.6 Å². The molecule has 0 radical (unpaired) electrons. The summed E-state index contributed by atoms with van der Waals surface area (Å²) >= 11 is 0. The summed E-state index contributed by atoms with van der Waals surface area (Å²) in [5, 5.41) is 12.3. The molecular formula is C15H15NO3. The zero-order chi connectivity index (χ0) is 13.7. The summed E-state index contributed by atoms with van der Waals surface area (Å²) in [6.07, 6.45) is 0. The van der Waals surface area contributed by atoms with Crippen LogP contribution in [0.15, 0.2) is 54.6 Å². The molecule has 2 aromatic rings. The van der Waals surface area contributed by atoms with Gasteiger partial charge in [-0.15, -0.1) is 0 Å². The minimum absolute atomic E-state index is 0.678. The van der Waals surface area contributed by atoms with E-state index in [0.717, 1.165) is 5.69 Å². The van der Waals surface area contributed by atoms with E-state index in [2.05, 4.69) is 5.32 Å². The Morgan fingerprint density at radius 3 is 2.26 bits per heavy atom. The van der Waals surface area contributed by atoms with Gasteiger partial charge < -0.3 is 15.2 Å². The van der Waals surface area contributed by atoms with Gasteiger partial charge in [0.05, 0.1) is 7.11 Å². The van der Waals surface area contributed by atoms with Gasteiger partial charge in [0.25, 0.3) is 0 Å². The number of nitrogens with one attached hydrogen (secondary N) is 1. The Kier molecular flexibility index (Phi) is 4.03. The highest BCUT2D eigenvalue weighted by Gasteiger charge is 2.19. The molecule has 0 heterocycles. The minimum atomic E-state index is -0.922. The average molecular weight is 257 g/mol. The van der Waals surface area contributed by atoms with Crippen LogP contribution in [0.4, 0.5) is 5.69 Å². The van der Waals surface area contributed by atoms with Crippen molar-refractivity contribution in [2.75, 3.05) is 12.4 Å². The van der Waals surface area contributed by atoms with Crippen molar-refractivity contribution in [3.63, 3.8) is 0 Å². The highest BCUT2D eigenvalue weighted by molar-refractivity contribution is 5.79. The van der Waals surface area contributed by atoms with E-state index in [1.165, 1.54) is 0 Å². The molecule has 0 saturated carbocycles. The molecule has 2 aromatic carbocycles. The number of carboxylic acid groups (broad SMARTS) is 1. The molecule has 2 rings (SSSR count). The van der Waals surface area contributed by atoms with Crippen LogP contribution in [0.3, 0.4) is 0 Å². The van der Waals surface area contributed by atoms with E-state index < -0.39 is 12.0 Å². The van der Waals surface area contributed by atoms with Gasteiger partial charge in [-0.1, -0.05) is 30.3 Å². The fourth-order valence-electron chi connectivity index (χ4n) is 1.79. The average Bonchev–Trinajstić information content (AvgIpc) is 2.46. The van der Waals surface area contributed by atoms with Crippen molar-refractivity contribution in [2.45, 2.75) is 6.04 Å². The van der Waals surface area contributed by atoms with Crippen molar-refractivity contribution in [3.8, 4) is 5.75 Å². The number of anilines is 1. The van der Waals surface area contributed by atoms with Crippen LogP contribution in [0, 0.1) is 0 Å². The zero-order valence-corrected chi connectivity index (χ0v) is 10.5. The Labute approximate surface area is 111 Å². The van der Waals surface area contributed by atoms with Crippen LogP contribution in [-0.4, -0.2) is 18.2 Å². The molecule has 0 fully saturated rings. The summed E-state index contributed by atoms with van der Waals surface area (Å²) in [5.41, 5.74) is 1.45. The molecule has 4 nitrogen and oxygen atoms in total. The van der Waals surface area contributed by atoms with Crippen LogP contribution in [0.2, 0.25) is 0 Å². The van der Waals surface area contributed by atoms with Gasteiger partial charge in [-0.25, -0.2) is 4.79 Å². The second kappa shape index (κ2) is 5.91. The van der Waals surface area contributed by atoms with Crippen molar-refractivity contribution >= 4 is 11.7 Å². The van der Waals surface area contributed by atoms with E-state index in [1.807, 2.05) is 30.3 Å². The Bertz CT molecular complexity index is 537. The van der Waals surface area contributed by atoms with Gasteiger partial charge in [-0.3, -0.25) is 0 Å². The topological polar surface area (TPSA) is 58.6 Å². The van der Waals surface area contributed by atoms with Gasteiger partial charge in [0, 0.05) is 5.69 Å². The van der Waals surface area contributed by atoms with Gasteiger partial charge >= 0.3 is 5.97 Å². The second-order valence-electron chi connectivity index (χ2n) is 4.05. The summed E-state index contributed by atoms with van der Waals surface area (Å²) in [7, 11) is 1.58. The summed E-state index contributed by atoms with van der Waals surface area (Å²) in [4.78, 5) is 11.4. The van der Waals surface area contributed by atoms with E-state index in [-0.39, 0.29) is 0 Å². The van der Waals surface area contributed by atoms with Gasteiger partial charge in [0.15, 0.2) is 6.04 Å². The summed E-state index contributed by atoms with van der Waals surface area (Å²) in [5.74, 6) is -0.221. The summed E-state index contributed by atoms with van der Waals surface area (Å²) < 4.78 is 5.06. The first kappa shape index (κ1) is 13.0. The van der Waals surface area contributed by atoms with Crippen LogP contribution in [0.1, 0.15) is 11.6 Å². The van der Waals surface area contributed by atoms with Crippen LogP contribution in [0.5, 0.6) is 5.75 Å². The van der Waals surface area contributed by atoms with E-state index in [4.69, 9.17) is 4.74 Å². The first-order valence-corrected chi connectivity index (χ1v) is 5.89. The molecule has 0 spiro atoms. The quantitative estimate of drug-likeness (QED) is 0.864. The van der Waals surface area contributed by atoms with E-state index >= 15 is 0 Å². The zero-order valence-electron chi connectivity index (χ0n) is 10.5. The third-order valence-electron chi connectivity index (χ3n) is 2.78. The molecule has 0 aliphatic carbocycles. The predicted molar refractivity (Wildman–Crippen MR) is 73.4 cm³/mol. The number of hydrogen-bond donors (Lipinski definition) is 2. The van der Waals surface area contributed by atoms with Crippen molar-refractivity contribution in [3.05, 3.63) is 60.2 Å². The molecule has 0 unspecified atom stereocenters. The first-order valence-electron chi connectivity index (χ1n) is 5.89. The molecular weight excluding hydrogens is 242 g/mol. The molecule has 0 amide bonds. The predicted octanol–water partition coefficient (Wildman–Crippen LogP) is 2.93. The van der Waals surface area contributed by atoms with Gasteiger partial charge in [-0.2, -0.15) is 0 Å². The standard InChI is InChI=1S/C15H15NO3/c1-19-13-9-7-11(8-10-13)14(15(17)18)16-12-5-3-2-4-6-12/h2-10,14,16H,1H3,(H,17,18)/t14-/m0/s1. The molecule has 0 saturated heterocycles. The van der Waals surface area contributed by atoms with Gasteiger partial charge in [0.2, 0.25) is 0 Å². The maximum Gasteiger partial charge on any atom is 0.330 e. The normalized spacial score (nSPS) is 11.6. The molecule has 2 N–H and O–H groups in total. The molecule has 0 aromatic heterocycles. The van der Waals surface area contributed by atoms with Crippen molar-refractivity contribution in [2.24, 2.45) is 0 Å². The van der Waals surface area contributed by atoms with Gasteiger partial charge in [0.1, 0.15) is 5.75 Å². The highest BCUT2D eigenvalue weighted by Crippen LogP contribution is 2.22. The van der Waals surface area contributed by atoms with Crippen LogP contribution >= 0.6 is 0 Å². The van der Waals surface area contributed by atoms with Crippen LogP contribution in [-0.2, 0) is 4.79 Å². The monoisotopic (exact) mass is 257 g/mol. The largest absolute Gasteiger partial charge is 0.497 e. The fraction of sp³-hybridized carbons (Fsp3) is 0.133. The fourth-order valence-corrected chi connectivity index (χ4v) is 1.79. The highest BCUT2D eigenvalue weighted by atomic mass is 16.5. The number of ether oxygens (including phenoxy) is 1. The number of aliphatic carboxylic acids is 1. The number of para-hydroxylation sites is 1. The maximum absolute atomic E-state index is 11.4. The molecule has 0 bridgehead atoms. The smallest absolute Gasteiger partial charge is 0.330 e. The lowest BCUT2D eigenvalue weighted by atomic mass is 10.1. The lowest BCUT2D eigenvalue weighted by Gasteiger charge is -2.16. The van der Waals surface area contributed by atoms with E-state index in [9.17, 15) is 9.90 Å². The molecule has 0 aliphatic heterocycles. The minimum Gasteiger partial charge on any atom is -0.497 e. The lowest BCUT2D eigenvalue weighted by Crippen LogP contribution is -2.20. The number of benzene rings is 2. The Hall–Kier alpha value is -2.49.